The van der Waals surface area contributed by atoms with Crippen molar-refractivity contribution in [1.29, 1.82) is 0 Å². The monoisotopic (exact) mass is 310 g/mol. The molecule has 0 bridgehead atoms. The third kappa shape index (κ3) is 2.31. The lowest BCUT2D eigenvalue weighted by Gasteiger charge is -2.06. The van der Waals surface area contributed by atoms with Crippen LogP contribution in [0, 0.1) is 3.57 Å². The van der Waals surface area contributed by atoms with E-state index in [9.17, 15) is 0 Å². The summed E-state index contributed by atoms with van der Waals surface area (Å²) < 4.78 is 6.43. The van der Waals surface area contributed by atoms with Crippen LogP contribution >= 0.6 is 22.6 Å². The predicted octanol–water partition coefficient (Wildman–Crippen LogP) is 3.97. The highest BCUT2D eigenvalue weighted by atomic mass is 127. The average Bonchev–Trinajstić information content (AvgIpc) is 2.31. The van der Waals surface area contributed by atoms with E-state index in [1.807, 2.05) is 18.2 Å². The van der Waals surface area contributed by atoms with E-state index in [4.69, 9.17) is 4.74 Å². The maximum atomic E-state index is 5.30. The normalized spacial score (nSPS) is 10.0. The number of hydrogen-bond donors (Lipinski definition) is 0. The number of benzene rings is 2. The zero-order valence-corrected chi connectivity index (χ0v) is 10.6. The maximum absolute atomic E-state index is 5.30. The lowest BCUT2D eigenvalue weighted by molar-refractivity contribution is 0.412. The highest BCUT2D eigenvalue weighted by molar-refractivity contribution is 14.1. The molecule has 0 spiro atoms. The minimum atomic E-state index is 0.928. The van der Waals surface area contributed by atoms with Crippen LogP contribution in [0.3, 0.4) is 0 Å². The fraction of sp³-hybridized carbons (Fsp3) is 0.0769. The van der Waals surface area contributed by atoms with Crippen LogP contribution in [-0.4, -0.2) is 7.11 Å². The van der Waals surface area contributed by atoms with E-state index in [1.54, 1.807) is 7.11 Å². The summed E-state index contributed by atoms with van der Waals surface area (Å²) in [6.07, 6.45) is 0. The SMILES string of the molecule is COc1cc(-c2ccccc2)ccc1I. The number of rotatable bonds is 2. The molecule has 1 nitrogen and oxygen atoms in total. The number of methoxy groups -OCH3 is 1. The van der Waals surface area contributed by atoms with Crippen LogP contribution in [0.15, 0.2) is 48.5 Å². The zero-order chi connectivity index (χ0) is 10.7. The molecule has 2 rings (SSSR count). The second-order valence-electron chi connectivity index (χ2n) is 3.22. The van der Waals surface area contributed by atoms with Gasteiger partial charge in [-0.25, -0.2) is 0 Å². The summed E-state index contributed by atoms with van der Waals surface area (Å²) in [7, 11) is 1.70. The van der Waals surface area contributed by atoms with Crippen molar-refractivity contribution in [1.82, 2.24) is 0 Å². The van der Waals surface area contributed by atoms with Crippen molar-refractivity contribution in [2.75, 3.05) is 7.11 Å². The van der Waals surface area contributed by atoms with Gasteiger partial charge in [-0.05, 0) is 45.9 Å². The second kappa shape index (κ2) is 4.66. The summed E-state index contributed by atoms with van der Waals surface area (Å²) in [5.74, 6) is 0.928. The van der Waals surface area contributed by atoms with Gasteiger partial charge in [0.05, 0.1) is 10.7 Å². The molecule has 2 aromatic carbocycles. The van der Waals surface area contributed by atoms with Gasteiger partial charge in [0.25, 0.3) is 0 Å². The van der Waals surface area contributed by atoms with Crippen LogP contribution in [0.4, 0.5) is 0 Å². The summed E-state index contributed by atoms with van der Waals surface area (Å²) in [5, 5.41) is 0. The summed E-state index contributed by atoms with van der Waals surface area (Å²) in [6.45, 7) is 0. The molecule has 0 atom stereocenters. The minimum Gasteiger partial charge on any atom is -0.496 e. The van der Waals surface area contributed by atoms with E-state index < -0.39 is 0 Å². The van der Waals surface area contributed by atoms with Crippen molar-refractivity contribution < 1.29 is 4.74 Å². The van der Waals surface area contributed by atoms with Gasteiger partial charge in [0.1, 0.15) is 5.75 Å². The van der Waals surface area contributed by atoms with Crippen LogP contribution in [0.5, 0.6) is 5.75 Å². The Hall–Kier alpha value is -1.03. The topological polar surface area (TPSA) is 9.23 Å². The fourth-order valence-electron chi connectivity index (χ4n) is 1.47. The molecule has 0 aliphatic carbocycles. The molecule has 0 aromatic heterocycles. The molecule has 0 saturated carbocycles. The smallest absolute Gasteiger partial charge is 0.132 e. The molecule has 2 aromatic rings. The Morgan fingerprint density at radius 3 is 2.33 bits per heavy atom. The first-order valence-corrected chi connectivity index (χ1v) is 5.78. The molecular formula is C13H11IO. The molecule has 0 aliphatic heterocycles. The van der Waals surface area contributed by atoms with Crippen molar-refractivity contribution in [3.05, 3.63) is 52.1 Å². The van der Waals surface area contributed by atoms with Crippen molar-refractivity contribution in [3.63, 3.8) is 0 Å². The van der Waals surface area contributed by atoms with Crippen LogP contribution < -0.4 is 4.74 Å². The van der Waals surface area contributed by atoms with Gasteiger partial charge in [0.15, 0.2) is 0 Å². The third-order valence-electron chi connectivity index (χ3n) is 2.26. The Labute approximate surface area is 103 Å². The molecule has 0 unspecified atom stereocenters. The van der Waals surface area contributed by atoms with Gasteiger partial charge in [0, 0.05) is 0 Å². The summed E-state index contributed by atoms with van der Waals surface area (Å²) in [5.41, 5.74) is 2.40. The Kier molecular flexibility index (Phi) is 3.26. The van der Waals surface area contributed by atoms with Crippen molar-refractivity contribution in [2.45, 2.75) is 0 Å². The molecule has 0 saturated heterocycles. The lowest BCUT2D eigenvalue weighted by atomic mass is 10.1. The van der Waals surface area contributed by atoms with Gasteiger partial charge in [-0.2, -0.15) is 0 Å². The van der Waals surface area contributed by atoms with Crippen molar-refractivity contribution in [2.24, 2.45) is 0 Å². The van der Waals surface area contributed by atoms with E-state index in [1.165, 1.54) is 11.1 Å². The number of ether oxygens (including phenoxy) is 1. The van der Waals surface area contributed by atoms with Gasteiger partial charge in [0.2, 0.25) is 0 Å². The lowest BCUT2D eigenvalue weighted by Crippen LogP contribution is -1.87. The van der Waals surface area contributed by atoms with Crippen molar-refractivity contribution >= 4 is 22.6 Å². The molecule has 0 aliphatic rings. The maximum Gasteiger partial charge on any atom is 0.132 e. The third-order valence-corrected chi connectivity index (χ3v) is 3.15. The highest BCUT2D eigenvalue weighted by Crippen LogP contribution is 2.27. The average molecular weight is 310 g/mol. The zero-order valence-electron chi connectivity index (χ0n) is 8.41. The predicted molar refractivity (Wildman–Crippen MR) is 71.1 cm³/mol. The Morgan fingerprint density at radius 1 is 0.933 bits per heavy atom. The first-order valence-electron chi connectivity index (χ1n) is 4.70. The van der Waals surface area contributed by atoms with Crippen LogP contribution in [0.2, 0.25) is 0 Å². The second-order valence-corrected chi connectivity index (χ2v) is 4.38. The summed E-state index contributed by atoms with van der Waals surface area (Å²) >= 11 is 2.27. The Bertz CT molecular complexity index is 451. The molecule has 15 heavy (non-hydrogen) atoms. The van der Waals surface area contributed by atoms with E-state index >= 15 is 0 Å². The van der Waals surface area contributed by atoms with E-state index in [0.29, 0.717) is 0 Å². The largest absolute Gasteiger partial charge is 0.496 e. The van der Waals surface area contributed by atoms with Crippen LogP contribution in [0.1, 0.15) is 0 Å². The van der Waals surface area contributed by atoms with Crippen LogP contribution in [-0.2, 0) is 0 Å². The van der Waals surface area contributed by atoms with E-state index in [-0.39, 0.29) is 0 Å². The van der Waals surface area contributed by atoms with Crippen LogP contribution in [0.25, 0.3) is 11.1 Å². The van der Waals surface area contributed by atoms with Gasteiger partial charge in [-0.15, -0.1) is 0 Å². The molecule has 0 N–H and O–H groups in total. The molecule has 0 fully saturated rings. The van der Waals surface area contributed by atoms with E-state index in [0.717, 1.165) is 9.32 Å². The number of halogens is 1. The summed E-state index contributed by atoms with van der Waals surface area (Å²) in [4.78, 5) is 0. The van der Waals surface area contributed by atoms with Gasteiger partial charge in [-0.1, -0.05) is 36.4 Å². The first kappa shape index (κ1) is 10.5. The van der Waals surface area contributed by atoms with Gasteiger partial charge in [-0.3, -0.25) is 0 Å². The summed E-state index contributed by atoms with van der Waals surface area (Å²) in [6, 6.07) is 16.6. The Balaban J connectivity index is 2.46. The standard InChI is InChI=1S/C13H11IO/c1-15-13-9-11(7-8-12(13)14)10-5-3-2-4-6-10/h2-9H,1H3. The molecule has 0 heterocycles. The highest BCUT2D eigenvalue weighted by Gasteiger charge is 2.02. The molecule has 0 radical (unpaired) electrons. The first-order chi connectivity index (χ1) is 7.31. The molecule has 0 amide bonds. The fourth-order valence-corrected chi connectivity index (χ4v) is 2.03. The van der Waals surface area contributed by atoms with E-state index in [2.05, 4.69) is 52.9 Å². The quantitative estimate of drug-likeness (QED) is 0.763. The van der Waals surface area contributed by atoms with Gasteiger partial charge < -0.3 is 4.74 Å². The molecular weight excluding hydrogens is 299 g/mol. The number of hydrogen-bond acceptors (Lipinski definition) is 1. The minimum absolute atomic E-state index is 0.928. The van der Waals surface area contributed by atoms with Gasteiger partial charge >= 0.3 is 0 Å². The Morgan fingerprint density at radius 2 is 1.67 bits per heavy atom. The molecule has 2 heteroatoms. The molecule has 76 valence electrons. The van der Waals surface area contributed by atoms with Crippen molar-refractivity contribution in [3.8, 4) is 16.9 Å².